The first kappa shape index (κ1) is 20.4. The Kier molecular flexibility index (Phi) is 5.33. The van der Waals surface area contributed by atoms with Crippen molar-refractivity contribution >= 4 is 5.97 Å². The smallest absolute Gasteiger partial charge is 0.340 e. The molecular weight excluding hydrogens is 399 g/mol. The second-order valence-corrected chi connectivity index (χ2v) is 7.27. The van der Waals surface area contributed by atoms with Crippen LogP contribution in [0.15, 0.2) is 76.9 Å². The Morgan fingerprint density at radius 1 is 1.16 bits per heavy atom. The van der Waals surface area contributed by atoms with E-state index in [1.807, 2.05) is 30.3 Å². The first-order valence-electron chi connectivity index (χ1n) is 9.70. The highest BCUT2D eigenvalue weighted by Crippen LogP contribution is 2.42. The minimum absolute atomic E-state index is 0.104. The SMILES string of the molecule is COC(=O)C1=C(N)Oc2cc(C)n(Cc3ccccc3)c(=O)c2C1c1ccccc1F. The number of hydrogen-bond donors (Lipinski definition) is 1. The van der Waals surface area contributed by atoms with Crippen LogP contribution in [0.3, 0.4) is 0 Å². The molecule has 0 bridgehead atoms. The highest BCUT2D eigenvalue weighted by atomic mass is 19.1. The van der Waals surface area contributed by atoms with Crippen LogP contribution in [-0.4, -0.2) is 17.6 Å². The summed E-state index contributed by atoms with van der Waals surface area (Å²) in [6, 6.07) is 17.1. The minimum atomic E-state index is -1.06. The quantitative estimate of drug-likeness (QED) is 0.656. The Labute approximate surface area is 178 Å². The van der Waals surface area contributed by atoms with Crippen molar-refractivity contribution in [3.05, 3.63) is 111 Å². The van der Waals surface area contributed by atoms with E-state index in [1.165, 1.54) is 25.3 Å². The van der Waals surface area contributed by atoms with E-state index in [2.05, 4.69) is 0 Å². The van der Waals surface area contributed by atoms with Gasteiger partial charge in [-0.1, -0.05) is 48.5 Å². The summed E-state index contributed by atoms with van der Waals surface area (Å²) in [6.07, 6.45) is 0. The first-order chi connectivity index (χ1) is 14.9. The monoisotopic (exact) mass is 420 g/mol. The number of methoxy groups -OCH3 is 1. The number of esters is 1. The summed E-state index contributed by atoms with van der Waals surface area (Å²) in [5.41, 5.74) is 7.40. The number of hydrogen-bond acceptors (Lipinski definition) is 5. The Morgan fingerprint density at radius 3 is 2.52 bits per heavy atom. The molecule has 3 aromatic rings. The van der Waals surface area contributed by atoms with Gasteiger partial charge >= 0.3 is 5.97 Å². The van der Waals surface area contributed by atoms with Crippen molar-refractivity contribution in [2.24, 2.45) is 5.73 Å². The second-order valence-electron chi connectivity index (χ2n) is 7.27. The summed E-state index contributed by atoms with van der Waals surface area (Å²) in [6.45, 7) is 2.09. The van der Waals surface area contributed by atoms with Crippen LogP contribution in [0.2, 0.25) is 0 Å². The number of carbonyl (C=O) groups is 1. The van der Waals surface area contributed by atoms with Gasteiger partial charge in [0.05, 0.1) is 25.1 Å². The number of halogens is 1. The molecule has 0 spiro atoms. The lowest BCUT2D eigenvalue weighted by Gasteiger charge is -2.29. The number of carbonyl (C=O) groups excluding carboxylic acids is 1. The molecule has 0 saturated heterocycles. The predicted molar refractivity (Wildman–Crippen MR) is 113 cm³/mol. The maximum absolute atomic E-state index is 14.8. The molecule has 0 amide bonds. The number of aromatic nitrogens is 1. The summed E-state index contributed by atoms with van der Waals surface area (Å²) >= 11 is 0. The van der Waals surface area contributed by atoms with Gasteiger partial charge in [0.15, 0.2) is 0 Å². The van der Waals surface area contributed by atoms with E-state index < -0.39 is 17.7 Å². The minimum Gasteiger partial charge on any atom is -0.465 e. The molecule has 31 heavy (non-hydrogen) atoms. The molecule has 0 aliphatic carbocycles. The average molecular weight is 420 g/mol. The molecule has 6 nitrogen and oxygen atoms in total. The Hall–Kier alpha value is -3.87. The van der Waals surface area contributed by atoms with Crippen LogP contribution >= 0.6 is 0 Å². The van der Waals surface area contributed by atoms with E-state index in [0.29, 0.717) is 12.2 Å². The van der Waals surface area contributed by atoms with Crippen LogP contribution in [0.4, 0.5) is 4.39 Å². The van der Waals surface area contributed by atoms with Gasteiger partial charge in [-0.15, -0.1) is 0 Å². The van der Waals surface area contributed by atoms with Gasteiger partial charge in [0.25, 0.3) is 5.56 Å². The largest absolute Gasteiger partial charge is 0.465 e. The van der Waals surface area contributed by atoms with E-state index in [0.717, 1.165) is 5.56 Å². The van der Waals surface area contributed by atoms with Crippen LogP contribution in [0.1, 0.15) is 28.3 Å². The molecule has 158 valence electrons. The summed E-state index contributed by atoms with van der Waals surface area (Å²) in [7, 11) is 1.19. The zero-order chi connectivity index (χ0) is 22.1. The van der Waals surface area contributed by atoms with E-state index >= 15 is 0 Å². The average Bonchev–Trinajstić information content (AvgIpc) is 2.76. The van der Waals surface area contributed by atoms with Crippen molar-refractivity contribution in [1.82, 2.24) is 4.57 Å². The van der Waals surface area contributed by atoms with Crippen molar-refractivity contribution in [3.63, 3.8) is 0 Å². The fourth-order valence-electron chi connectivity index (χ4n) is 3.88. The third kappa shape index (κ3) is 3.59. The molecule has 1 atom stereocenters. The van der Waals surface area contributed by atoms with E-state index in [-0.39, 0.29) is 33.9 Å². The summed E-state index contributed by atoms with van der Waals surface area (Å²) in [5.74, 6) is -2.43. The van der Waals surface area contributed by atoms with Gasteiger partial charge in [-0.25, -0.2) is 9.18 Å². The Balaban J connectivity index is 1.97. The van der Waals surface area contributed by atoms with Crippen molar-refractivity contribution in [1.29, 1.82) is 0 Å². The molecule has 7 heteroatoms. The second kappa shape index (κ2) is 8.10. The highest BCUT2D eigenvalue weighted by Gasteiger charge is 2.39. The van der Waals surface area contributed by atoms with Crippen molar-refractivity contribution in [2.45, 2.75) is 19.4 Å². The molecule has 2 aromatic carbocycles. The topological polar surface area (TPSA) is 83.5 Å². The van der Waals surface area contributed by atoms with Crippen LogP contribution in [-0.2, 0) is 16.1 Å². The van der Waals surface area contributed by atoms with Crippen LogP contribution in [0.25, 0.3) is 0 Å². The number of benzene rings is 2. The zero-order valence-corrected chi connectivity index (χ0v) is 17.1. The lowest BCUT2D eigenvalue weighted by atomic mass is 9.83. The Bertz CT molecular complexity index is 1250. The van der Waals surface area contributed by atoms with Crippen molar-refractivity contribution < 1.29 is 18.7 Å². The van der Waals surface area contributed by atoms with Gasteiger partial charge in [0.2, 0.25) is 5.88 Å². The summed E-state index contributed by atoms with van der Waals surface area (Å²) in [4.78, 5) is 26.2. The standard InChI is InChI=1S/C24H21FN2O4/c1-14-12-18-20(23(28)27(14)13-15-8-4-3-5-9-15)19(16-10-6-7-11-17(16)25)21(22(26)31-18)24(29)30-2/h3-12,19H,13,26H2,1-2H3. The van der Waals surface area contributed by atoms with Crippen molar-refractivity contribution in [2.75, 3.05) is 7.11 Å². The molecule has 1 unspecified atom stereocenters. The summed E-state index contributed by atoms with van der Waals surface area (Å²) < 4.78 is 26.9. The molecule has 2 heterocycles. The normalized spacial score (nSPS) is 15.3. The van der Waals surface area contributed by atoms with Crippen LogP contribution in [0, 0.1) is 12.7 Å². The number of pyridine rings is 1. The zero-order valence-electron chi connectivity index (χ0n) is 17.1. The van der Waals surface area contributed by atoms with Gasteiger partial charge in [-0.05, 0) is 18.6 Å². The Morgan fingerprint density at radius 2 is 1.84 bits per heavy atom. The van der Waals surface area contributed by atoms with E-state index in [9.17, 15) is 14.0 Å². The third-order valence-corrected chi connectivity index (χ3v) is 5.37. The fourth-order valence-corrected chi connectivity index (χ4v) is 3.88. The lowest BCUT2D eigenvalue weighted by Crippen LogP contribution is -2.35. The number of rotatable bonds is 4. The molecule has 0 fully saturated rings. The number of ether oxygens (including phenoxy) is 2. The van der Waals surface area contributed by atoms with Crippen molar-refractivity contribution in [3.8, 4) is 5.75 Å². The molecule has 1 aliphatic heterocycles. The number of nitrogens with two attached hydrogens (primary N) is 1. The first-order valence-corrected chi connectivity index (χ1v) is 9.70. The van der Waals surface area contributed by atoms with E-state index in [4.69, 9.17) is 15.2 Å². The summed E-state index contributed by atoms with van der Waals surface area (Å²) in [5, 5.41) is 0. The molecule has 0 saturated carbocycles. The number of nitrogens with zero attached hydrogens (tertiary/aromatic N) is 1. The maximum Gasteiger partial charge on any atom is 0.340 e. The molecule has 1 aliphatic rings. The van der Waals surface area contributed by atoms with Gasteiger partial charge in [-0.3, -0.25) is 4.79 Å². The molecule has 0 radical (unpaired) electrons. The van der Waals surface area contributed by atoms with Gasteiger partial charge in [0, 0.05) is 17.3 Å². The predicted octanol–water partition coefficient (Wildman–Crippen LogP) is 3.21. The fraction of sp³-hybridized carbons (Fsp3) is 0.167. The molecule has 1 aromatic heterocycles. The van der Waals surface area contributed by atoms with Gasteiger partial charge in [0.1, 0.15) is 17.1 Å². The lowest BCUT2D eigenvalue weighted by molar-refractivity contribution is -0.136. The number of aryl methyl sites for hydroxylation is 1. The van der Waals surface area contributed by atoms with Gasteiger partial charge in [-0.2, -0.15) is 0 Å². The highest BCUT2D eigenvalue weighted by molar-refractivity contribution is 5.92. The van der Waals surface area contributed by atoms with Crippen LogP contribution < -0.4 is 16.0 Å². The van der Waals surface area contributed by atoms with Gasteiger partial charge < -0.3 is 19.8 Å². The molecule has 4 rings (SSSR count). The molecular formula is C24H21FN2O4. The maximum atomic E-state index is 14.8. The van der Waals surface area contributed by atoms with E-state index in [1.54, 1.807) is 23.6 Å². The molecule has 2 N–H and O–H groups in total. The number of fused-ring (bicyclic) bond motifs is 1. The third-order valence-electron chi connectivity index (χ3n) is 5.37. The van der Waals surface area contributed by atoms with Crippen LogP contribution in [0.5, 0.6) is 5.75 Å².